The molecule has 1 unspecified atom stereocenters. The minimum Gasteiger partial charge on any atom is -0.394 e. The van der Waals surface area contributed by atoms with Crippen LogP contribution in [0.3, 0.4) is 0 Å². The molecule has 0 spiro atoms. The van der Waals surface area contributed by atoms with E-state index in [0.29, 0.717) is 37.3 Å². The van der Waals surface area contributed by atoms with Crippen LogP contribution in [0.15, 0.2) is 0 Å². The Morgan fingerprint density at radius 1 is 1.12 bits per heavy atom. The van der Waals surface area contributed by atoms with Gasteiger partial charge < -0.3 is 50.0 Å². The van der Waals surface area contributed by atoms with Crippen LogP contribution in [0.1, 0.15) is 32.6 Å². The quantitative estimate of drug-likeness (QED) is 0.117. The summed E-state index contributed by atoms with van der Waals surface area (Å²) < 4.78 is 21.9. The normalized spacial score (nSPS) is 35.4. The van der Waals surface area contributed by atoms with Gasteiger partial charge in [0.2, 0.25) is 5.91 Å². The van der Waals surface area contributed by atoms with Crippen molar-refractivity contribution in [3.05, 3.63) is 0 Å². The Bertz CT molecular complexity index is 635. The van der Waals surface area contributed by atoms with Gasteiger partial charge >= 0.3 is 0 Å². The molecule has 13 heteroatoms. The number of rotatable bonds is 12. The summed E-state index contributed by atoms with van der Waals surface area (Å²) in [4.78, 5) is 12.1. The van der Waals surface area contributed by atoms with Gasteiger partial charge in [-0.2, -0.15) is 0 Å². The third-order valence-electron chi connectivity index (χ3n) is 6.10. The van der Waals surface area contributed by atoms with Crippen molar-refractivity contribution in [3.8, 4) is 0 Å². The number of unbranched alkanes of at least 4 members (excludes halogenated alkanes) is 1. The van der Waals surface area contributed by atoms with Gasteiger partial charge in [-0.05, 0) is 25.7 Å². The number of carbonyl (C=O) groups excluding carboxylic acids is 1. The first-order valence-electron chi connectivity index (χ1n) is 11.2. The fourth-order valence-corrected chi connectivity index (χ4v) is 4.71. The van der Waals surface area contributed by atoms with Crippen molar-refractivity contribution in [2.75, 3.05) is 34.0 Å². The standard InChI is InChI=1S/C21H38N2O9S.Y/c1-11(25)22-16-19(28)18(27)14(9-24)32-21(16)31-7-5-4-6-15(33)23-13-8-12(10-29-2)17(26)20(13)30-3;/h12-14,16-21,24,26-28H,4-10H2,1-3H3,(H,22,25)(H,23,33);/t12-,13-,14-,16-,17?,18+,19-,20-,21-;/m1./s1. The number of nitrogens with one attached hydrogen (secondary N) is 2. The molecule has 1 heterocycles. The average molecular weight is 584 g/mol. The molecular weight excluding hydrogens is 545 g/mol. The number of carbonyl (C=O) groups is 1. The molecule has 1 aliphatic heterocycles. The zero-order valence-corrected chi connectivity index (χ0v) is 23.6. The molecule has 34 heavy (non-hydrogen) atoms. The summed E-state index contributed by atoms with van der Waals surface area (Å²) in [5, 5.41) is 45.9. The van der Waals surface area contributed by atoms with E-state index in [0.717, 1.165) is 0 Å². The predicted octanol–water partition coefficient (Wildman–Crippen LogP) is -1.56. The molecule has 0 aromatic rings. The summed E-state index contributed by atoms with van der Waals surface area (Å²) in [5.74, 6) is -0.418. The maximum atomic E-state index is 11.5. The number of amides is 1. The van der Waals surface area contributed by atoms with E-state index in [1.165, 1.54) is 6.92 Å². The van der Waals surface area contributed by atoms with Gasteiger partial charge in [0.05, 0.1) is 30.3 Å². The molecule has 2 fully saturated rings. The van der Waals surface area contributed by atoms with E-state index in [1.54, 1.807) is 14.2 Å². The van der Waals surface area contributed by atoms with Gasteiger partial charge in [0, 0.05) is 66.4 Å². The van der Waals surface area contributed by atoms with E-state index < -0.39 is 49.3 Å². The second-order valence-electron chi connectivity index (χ2n) is 8.58. The van der Waals surface area contributed by atoms with Crippen molar-refractivity contribution in [1.29, 1.82) is 0 Å². The van der Waals surface area contributed by atoms with E-state index in [2.05, 4.69) is 10.6 Å². The average Bonchev–Trinajstić information content (AvgIpc) is 3.06. The SMILES string of the molecule is COC[C@H]1C[C@@H](NC(=S)CCCCO[C@@H]2O[C@H](CO)[C@H](O)[C@H](O)[C@H]2NC(C)=O)[C@@H](OC)C1O.[Y]. The summed E-state index contributed by atoms with van der Waals surface area (Å²) >= 11 is 5.45. The van der Waals surface area contributed by atoms with Crippen LogP contribution in [0.25, 0.3) is 0 Å². The molecule has 6 N–H and O–H groups in total. The van der Waals surface area contributed by atoms with Crippen LogP contribution in [-0.4, -0.2) is 114 Å². The van der Waals surface area contributed by atoms with Gasteiger partial charge in [0.1, 0.15) is 30.5 Å². The van der Waals surface area contributed by atoms with Crippen LogP contribution >= 0.6 is 12.2 Å². The molecule has 1 amide bonds. The number of hydrogen-bond donors (Lipinski definition) is 6. The van der Waals surface area contributed by atoms with Crippen LogP contribution in [0.4, 0.5) is 0 Å². The van der Waals surface area contributed by atoms with Crippen LogP contribution in [-0.2, 0) is 56.5 Å². The van der Waals surface area contributed by atoms with Gasteiger partial charge in [-0.1, -0.05) is 12.2 Å². The molecule has 1 saturated carbocycles. The molecule has 1 radical (unpaired) electrons. The second kappa shape index (κ2) is 16.1. The van der Waals surface area contributed by atoms with Gasteiger partial charge in [-0.15, -0.1) is 0 Å². The van der Waals surface area contributed by atoms with E-state index >= 15 is 0 Å². The molecule has 0 bridgehead atoms. The summed E-state index contributed by atoms with van der Waals surface area (Å²) in [7, 11) is 3.17. The first kappa shape index (κ1) is 32.2. The van der Waals surface area contributed by atoms with Crippen molar-refractivity contribution in [2.45, 2.75) is 81.5 Å². The largest absolute Gasteiger partial charge is 0.394 e. The van der Waals surface area contributed by atoms with Crippen LogP contribution < -0.4 is 10.6 Å². The predicted molar refractivity (Wildman–Crippen MR) is 121 cm³/mol. The Hall–Kier alpha value is 0.144. The maximum Gasteiger partial charge on any atom is 0.217 e. The Labute approximate surface area is 231 Å². The fourth-order valence-electron chi connectivity index (χ4n) is 4.41. The van der Waals surface area contributed by atoms with E-state index in [-0.39, 0.29) is 57.4 Å². The number of aliphatic hydroxyl groups is 4. The van der Waals surface area contributed by atoms with Gasteiger partial charge in [0.15, 0.2) is 6.29 Å². The molecule has 9 atom stereocenters. The Balaban J connectivity index is 0.00000578. The number of ether oxygens (including phenoxy) is 4. The summed E-state index contributed by atoms with van der Waals surface area (Å²) in [5.41, 5.74) is 0. The first-order chi connectivity index (χ1) is 15.7. The van der Waals surface area contributed by atoms with E-state index in [9.17, 15) is 25.2 Å². The topological polar surface area (TPSA) is 159 Å². The Morgan fingerprint density at radius 3 is 2.41 bits per heavy atom. The minimum atomic E-state index is -1.34. The van der Waals surface area contributed by atoms with Gasteiger partial charge in [-0.3, -0.25) is 4.79 Å². The number of hydrogen-bond acceptors (Lipinski definition) is 10. The van der Waals surface area contributed by atoms with E-state index in [4.69, 9.17) is 31.2 Å². The molecule has 11 nitrogen and oxygen atoms in total. The third-order valence-corrected chi connectivity index (χ3v) is 6.43. The van der Waals surface area contributed by atoms with Crippen LogP contribution in [0.5, 0.6) is 0 Å². The molecule has 0 aromatic carbocycles. The summed E-state index contributed by atoms with van der Waals surface area (Å²) in [6, 6.07) is -1.05. The van der Waals surface area contributed by atoms with Gasteiger partial charge in [-0.25, -0.2) is 0 Å². The Kier molecular flexibility index (Phi) is 15.2. The van der Waals surface area contributed by atoms with Crippen LogP contribution in [0, 0.1) is 5.92 Å². The maximum absolute atomic E-state index is 11.5. The second-order valence-corrected chi connectivity index (χ2v) is 9.07. The molecule has 2 aliphatic rings. The van der Waals surface area contributed by atoms with Crippen molar-refractivity contribution in [1.82, 2.24) is 10.6 Å². The monoisotopic (exact) mass is 583 g/mol. The van der Waals surface area contributed by atoms with E-state index in [1.807, 2.05) is 0 Å². The molecule has 1 saturated heterocycles. The van der Waals surface area contributed by atoms with Crippen molar-refractivity contribution < 1.29 is 76.9 Å². The van der Waals surface area contributed by atoms with Gasteiger partial charge in [0.25, 0.3) is 0 Å². The number of methoxy groups -OCH3 is 2. The molecule has 0 aromatic heterocycles. The zero-order valence-electron chi connectivity index (χ0n) is 20.0. The summed E-state index contributed by atoms with van der Waals surface area (Å²) in [6.07, 6.45) is -3.02. The molecular formula is C21H38N2O9SY. The van der Waals surface area contributed by atoms with Crippen molar-refractivity contribution in [3.63, 3.8) is 0 Å². The fraction of sp³-hybridized carbons (Fsp3) is 0.905. The van der Waals surface area contributed by atoms with Crippen LogP contribution in [0.2, 0.25) is 0 Å². The minimum absolute atomic E-state index is 0. The molecule has 2 rings (SSSR count). The zero-order chi connectivity index (χ0) is 24.5. The smallest absolute Gasteiger partial charge is 0.217 e. The number of aliphatic hydroxyl groups excluding tert-OH is 4. The first-order valence-corrected chi connectivity index (χ1v) is 11.6. The molecule has 1 aliphatic carbocycles. The summed E-state index contributed by atoms with van der Waals surface area (Å²) in [6.45, 7) is 1.52. The Morgan fingerprint density at radius 2 is 1.82 bits per heavy atom. The molecule has 195 valence electrons. The third kappa shape index (κ3) is 8.91. The number of thiocarbonyl (C=S) groups is 1. The van der Waals surface area contributed by atoms with Crippen molar-refractivity contribution in [2.24, 2.45) is 5.92 Å². The van der Waals surface area contributed by atoms with Crippen molar-refractivity contribution >= 4 is 23.1 Å².